The molecule has 21 heavy (non-hydrogen) atoms. The number of halogens is 2. The topological polar surface area (TPSA) is 78.4 Å². The van der Waals surface area contributed by atoms with Gasteiger partial charge in [0.25, 0.3) is 0 Å². The van der Waals surface area contributed by atoms with Crippen LogP contribution >= 0.6 is 22.6 Å². The first-order chi connectivity index (χ1) is 9.97. The number of benzene rings is 2. The van der Waals surface area contributed by atoms with E-state index in [1.54, 1.807) is 12.1 Å². The number of carboxylic acid groups (broad SMARTS) is 1. The van der Waals surface area contributed by atoms with Crippen molar-refractivity contribution in [3.63, 3.8) is 0 Å². The van der Waals surface area contributed by atoms with E-state index in [4.69, 9.17) is 5.11 Å². The van der Waals surface area contributed by atoms with Crippen molar-refractivity contribution in [1.82, 2.24) is 0 Å². The second kappa shape index (κ2) is 6.53. The molecule has 2 rings (SSSR count). The van der Waals surface area contributed by atoms with Crippen molar-refractivity contribution in [2.45, 2.75) is 0 Å². The number of hydrogen-bond acceptors (Lipinski definition) is 2. The van der Waals surface area contributed by atoms with Gasteiger partial charge in [0.2, 0.25) is 0 Å². The number of rotatable bonds is 3. The number of carboxylic acids is 1. The van der Waals surface area contributed by atoms with E-state index in [-0.39, 0.29) is 11.3 Å². The molecule has 0 saturated heterocycles. The molecule has 2 aromatic rings. The maximum Gasteiger partial charge on any atom is 0.335 e. The maximum atomic E-state index is 13.7. The number of amides is 2. The van der Waals surface area contributed by atoms with Gasteiger partial charge in [0.1, 0.15) is 5.82 Å². The van der Waals surface area contributed by atoms with Crippen molar-refractivity contribution in [2.75, 3.05) is 10.6 Å². The predicted octanol–water partition coefficient (Wildman–Crippen LogP) is 3.77. The molecular formula is C14H10FIN2O3. The van der Waals surface area contributed by atoms with Crippen molar-refractivity contribution in [3.8, 4) is 0 Å². The molecule has 108 valence electrons. The minimum Gasteiger partial charge on any atom is -0.478 e. The summed E-state index contributed by atoms with van der Waals surface area (Å²) in [6.45, 7) is 0. The van der Waals surface area contributed by atoms with Gasteiger partial charge in [0.05, 0.1) is 16.9 Å². The molecule has 5 nitrogen and oxygen atoms in total. The van der Waals surface area contributed by atoms with Crippen LogP contribution in [-0.4, -0.2) is 17.1 Å². The molecule has 0 saturated carbocycles. The Balaban J connectivity index is 2.10. The molecule has 0 fully saturated rings. The summed E-state index contributed by atoms with van der Waals surface area (Å²) in [6.07, 6.45) is 0. The van der Waals surface area contributed by atoms with Crippen LogP contribution in [0.25, 0.3) is 0 Å². The van der Waals surface area contributed by atoms with E-state index in [1.165, 1.54) is 12.1 Å². The quantitative estimate of drug-likeness (QED) is 0.687. The van der Waals surface area contributed by atoms with Gasteiger partial charge < -0.3 is 15.7 Å². The number of para-hydroxylation sites is 1. The van der Waals surface area contributed by atoms with Crippen LogP contribution in [0.2, 0.25) is 0 Å². The summed E-state index contributed by atoms with van der Waals surface area (Å²) in [7, 11) is 0. The molecule has 0 heterocycles. The molecule has 7 heteroatoms. The molecule has 0 spiro atoms. The molecule has 0 aliphatic rings. The lowest BCUT2D eigenvalue weighted by atomic mass is 10.2. The smallest absolute Gasteiger partial charge is 0.335 e. The predicted molar refractivity (Wildman–Crippen MR) is 85.2 cm³/mol. The Morgan fingerprint density at radius 2 is 1.71 bits per heavy atom. The van der Waals surface area contributed by atoms with Gasteiger partial charge >= 0.3 is 12.0 Å². The lowest BCUT2D eigenvalue weighted by molar-refractivity contribution is 0.0696. The van der Waals surface area contributed by atoms with Gasteiger partial charge in [-0.1, -0.05) is 12.1 Å². The summed E-state index contributed by atoms with van der Waals surface area (Å²) in [5.41, 5.74) is 0.317. The minimum absolute atomic E-state index is 0.0940. The molecule has 0 unspecified atom stereocenters. The zero-order valence-corrected chi connectivity index (χ0v) is 12.7. The van der Waals surface area contributed by atoms with Crippen LogP contribution in [0, 0.1) is 9.39 Å². The lowest BCUT2D eigenvalue weighted by Gasteiger charge is -2.10. The number of carbonyl (C=O) groups is 2. The van der Waals surface area contributed by atoms with E-state index < -0.39 is 17.8 Å². The number of nitrogens with one attached hydrogen (secondary N) is 2. The van der Waals surface area contributed by atoms with Crippen molar-refractivity contribution in [2.24, 2.45) is 0 Å². The molecule has 0 atom stereocenters. The molecule has 3 N–H and O–H groups in total. The first-order valence-corrected chi connectivity index (χ1v) is 6.90. The Bertz CT molecular complexity index is 706. The fourth-order valence-corrected chi connectivity index (χ4v) is 2.11. The van der Waals surface area contributed by atoms with E-state index in [0.717, 1.165) is 9.64 Å². The molecular weight excluding hydrogens is 390 g/mol. The Kier molecular flexibility index (Phi) is 4.73. The standard InChI is InChI=1S/C14H10FIN2O3/c15-9-7-8(13(19)20)5-6-11(9)17-14(21)18-12-4-2-1-3-10(12)16/h1-7H,(H,19,20)(H2,17,18,21). The highest BCUT2D eigenvalue weighted by Gasteiger charge is 2.11. The Morgan fingerprint density at radius 1 is 1.05 bits per heavy atom. The summed E-state index contributed by atoms with van der Waals surface area (Å²) in [5.74, 6) is -2.04. The van der Waals surface area contributed by atoms with E-state index in [0.29, 0.717) is 5.69 Å². The van der Waals surface area contributed by atoms with Gasteiger partial charge in [-0.05, 0) is 52.9 Å². The lowest BCUT2D eigenvalue weighted by Crippen LogP contribution is -2.20. The van der Waals surface area contributed by atoms with Crippen LogP contribution in [0.15, 0.2) is 42.5 Å². The highest BCUT2D eigenvalue weighted by atomic mass is 127. The number of anilines is 2. The van der Waals surface area contributed by atoms with Gasteiger partial charge in [0, 0.05) is 3.57 Å². The van der Waals surface area contributed by atoms with Gasteiger partial charge in [-0.25, -0.2) is 14.0 Å². The molecule has 0 aliphatic carbocycles. The SMILES string of the molecule is O=C(Nc1ccc(C(=O)O)cc1F)Nc1ccccc1I. The Hall–Kier alpha value is -2.16. The number of carbonyl (C=O) groups excluding carboxylic acids is 1. The summed E-state index contributed by atoms with van der Waals surface area (Å²) in [5, 5.41) is 13.7. The fraction of sp³-hybridized carbons (Fsp3) is 0. The van der Waals surface area contributed by atoms with Gasteiger partial charge in [-0.3, -0.25) is 0 Å². The summed E-state index contributed by atoms with van der Waals surface area (Å²) in [6, 6.07) is 9.78. The van der Waals surface area contributed by atoms with Crippen LogP contribution in [0.5, 0.6) is 0 Å². The highest BCUT2D eigenvalue weighted by molar-refractivity contribution is 14.1. The van der Waals surface area contributed by atoms with Crippen molar-refractivity contribution in [3.05, 3.63) is 57.4 Å². The molecule has 2 aromatic carbocycles. The number of aromatic carboxylic acids is 1. The summed E-state index contributed by atoms with van der Waals surface area (Å²) in [4.78, 5) is 22.5. The van der Waals surface area contributed by atoms with Crippen molar-refractivity contribution >= 4 is 46.0 Å². The monoisotopic (exact) mass is 400 g/mol. The zero-order valence-electron chi connectivity index (χ0n) is 10.6. The summed E-state index contributed by atoms with van der Waals surface area (Å²) >= 11 is 2.06. The third-order valence-corrected chi connectivity index (χ3v) is 3.53. The van der Waals surface area contributed by atoms with Gasteiger partial charge in [0.15, 0.2) is 0 Å². The number of hydrogen-bond donors (Lipinski definition) is 3. The minimum atomic E-state index is -1.23. The van der Waals surface area contributed by atoms with Crippen molar-refractivity contribution < 1.29 is 19.1 Å². The molecule has 0 aromatic heterocycles. The fourth-order valence-electron chi connectivity index (χ4n) is 1.59. The first-order valence-electron chi connectivity index (χ1n) is 5.83. The first kappa shape index (κ1) is 15.2. The number of urea groups is 1. The average molecular weight is 400 g/mol. The van der Waals surface area contributed by atoms with Crippen LogP contribution < -0.4 is 10.6 Å². The zero-order chi connectivity index (χ0) is 15.4. The third-order valence-electron chi connectivity index (χ3n) is 2.59. The normalized spacial score (nSPS) is 10.0. The van der Waals surface area contributed by atoms with Crippen LogP contribution in [0.4, 0.5) is 20.6 Å². The molecule has 2 amide bonds. The second-order valence-corrected chi connectivity index (χ2v) is 5.22. The van der Waals surface area contributed by atoms with E-state index >= 15 is 0 Å². The summed E-state index contributed by atoms with van der Waals surface area (Å²) < 4.78 is 14.5. The van der Waals surface area contributed by atoms with Crippen LogP contribution in [-0.2, 0) is 0 Å². The van der Waals surface area contributed by atoms with E-state index in [2.05, 4.69) is 33.2 Å². The largest absolute Gasteiger partial charge is 0.478 e. The van der Waals surface area contributed by atoms with Gasteiger partial charge in [-0.15, -0.1) is 0 Å². The molecule has 0 radical (unpaired) electrons. The Labute approximate surface area is 133 Å². The van der Waals surface area contributed by atoms with Gasteiger partial charge in [-0.2, -0.15) is 0 Å². The third kappa shape index (κ3) is 3.91. The highest BCUT2D eigenvalue weighted by Crippen LogP contribution is 2.19. The van der Waals surface area contributed by atoms with E-state index in [9.17, 15) is 14.0 Å². The van der Waals surface area contributed by atoms with Crippen LogP contribution in [0.3, 0.4) is 0 Å². The molecule has 0 aliphatic heterocycles. The van der Waals surface area contributed by atoms with Crippen LogP contribution in [0.1, 0.15) is 10.4 Å². The Morgan fingerprint density at radius 3 is 2.33 bits per heavy atom. The van der Waals surface area contributed by atoms with Crippen molar-refractivity contribution in [1.29, 1.82) is 0 Å². The molecule has 0 bridgehead atoms. The average Bonchev–Trinajstić information content (AvgIpc) is 2.43. The van der Waals surface area contributed by atoms with E-state index in [1.807, 2.05) is 12.1 Å². The second-order valence-electron chi connectivity index (χ2n) is 4.06. The maximum absolute atomic E-state index is 13.7.